The molecule has 1 aliphatic carbocycles. The summed E-state index contributed by atoms with van der Waals surface area (Å²) in [4.78, 5) is 11.4. The number of rotatable bonds is 7. The van der Waals surface area contributed by atoms with Gasteiger partial charge in [-0.2, -0.15) is 0 Å². The molecule has 0 spiro atoms. The summed E-state index contributed by atoms with van der Waals surface area (Å²) in [5, 5.41) is 12.8. The summed E-state index contributed by atoms with van der Waals surface area (Å²) in [7, 11) is 0. The van der Waals surface area contributed by atoms with Crippen molar-refractivity contribution in [2.75, 3.05) is 6.54 Å². The molecule has 1 aliphatic rings. The fourth-order valence-corrected chi connectivity index (χ4v) is 3.01. The van der Waals surface area contributed by atoms with Crippen LogP contribution in [0.25, 0.3) is 0 Å². The summed E-state index contributed by atoms with van der Waals surface area (Å²) in [5.74, 6) is -0.454. The first-order chi connectivity index (χ1) is 10.0. The zero-order valence-electron chi connectivity index (χ0n) is 12.7. The Morgan fingerprint density at radius 3 is 2.33 bits per heavy atom. The third-order valence-corrected chi connectivity index (χ3v) is 5.02. The maximum Gasteiger partial charge on any atom is 0.310 e. The summed E-state index contributed by atoms with van der Waals surface area (Å²) >= 11 is 0. The molecule has 1 aromatic carbocycles. The van der Waals surface area contributed by atoms with Gasteiger partial charge in [0.05, 0.1) is 5.41 Å². The molecule has 116 valence electrons. The van der Waals surface area contributed by atoms with Gasteiger partial charge in [0.1, 0.15) is 5.82 Å². The number of carbonyl (C=O) groups is 1. The van der Waals surface area contributed by atoms with Crippen LogP contribution in [0.3, 0.4) is 0 Å². The van der Waals surface area contributed by atoms with Crippen molar-refractivity contribution in [1.82, 2.24) is 5.32 Å². The molecule has 1 aromatic rings. The van der Waals surface area contributed by atoms with Crippen LogP contribution in [0.2, 0.25) is 0 Å². The Morgan fingerprint density at radius 2 is 1.86 bits per heavy atom. The number of aliphatic carboxylic acids is 1. The highest BCUT2D eigenvalue weighted by Gasteiger charge is 2.37. The fraction of sp³-hybridized carbons (Fsp3) is 0.588. The highest BCUT2D eigenvalue weighted by Crippen LogP contribution is 2.37. The molecule has 0 saturated heterocycles. The number of nitrogens with one attached hydrogen (secondary N) is 1. The Morgan fingerprint density at radius 1 is 1.29 bits per heavy atom. The lowest BCUT2D eigenvalue weighted by Crippen LogP contribution is -2.48. The molecule has 0 radical (unpaired) electrons. The molecule has 2 N–H and O–H groups in total. The molecule has 0 aromatic heterocycles. The van der Waals surface area contributed by atoms with Crippen LogP contribution in [0.1, 0.15) is 51.0 Å². The summed E-state index contributed by atoms with van der Waals surface area (Å²) in [6, 6.07) is 7.06. The normalized spacial score (nSPS) is 21.9. The molecule has 4 heteroatoms. The van der Waals surface area contributed by atoms with E-state index in [4.69, 9.17) is 0 Å². The SMILES string of the molecule is CCC(CC)(CNC1CC(c2ccc(F)cc2)C1)C(=O)O. The zero-order chi connectivity index (χ0) is 15.5. The predicted molar refractivity (Wildman–Crippen MR) is 80.8 cm³/mol. The standard InChI is InChI=1S/C17H24FNO2/c1-3-17(4-2,16(20)21)11-19-15-9-13(10-15)12-5-7-14(18)8-6-12/h5-8,13,15,19H,3-4,9-11H2,1-2H3,(H,20,21). The molecule has 0 amide bonds. The second kappa shape index (κ2) is 6.56. The van der Waals surface area contributed by atoms with Crippen molar-refractivity contribution in [3.05, 3.63) is 35.6 Å². The summed E-state index contributed by atoms with van der Waals surface area (Å²) < 4.78 is 12.9. The van der Waals surface area contributed by atoms with Crippen molar-refractivity contribution in [3.63, 3.8) is 0 Å². The van der Waals surface area contributed by atoms with Crippen molar-refractivity contribution in [2.45, 2.75) is 51.5 Å². The van der Waals surface area contributed by atoms with Crippen LogP contribution in [0, 0.1) is 11.2 Å². The first-order valence-corrected chi connectivity index (χ1v) is 7.73. The third-order valence-electron chi connectivity index (χ3n) is 5.02. The maximum absolute atomic E-state index is 12.9. The molecule has 2 rings (SSSR count). The molecular weight excluding hydrogens is 269 g/mol. The van der Waals surface area contributed by atoms with E-state index in [-0.39, 0.29) is 5.82 Å². The molecule has 0 aliphatic heterocycles. The molecule has 0 heterocycles. The average Bonchev–Trinajstić information content (AvgIpc) is 2.43. The monoisotopic (exact) mass is 293 g/mol. The minimum Gasteiger partial charge on any atom is -0.481 e. The number of carboxylic acids is 1. The highest BCUT2D eigenvalue weighted by atomic mass is 19.1. The van der Waals surface area contributed by atoms with E-state index in [9.17, 15) is 14.3 Å². The topological polar surface area (TPSA) is 49.3 Å². The quantitative estimate of drug-likeness (QED) is 0.808. The number of halogens is 1. The van der Waals surface area contributed by atoms with Gasteiger partial charge in [0.25, 0.3) is 0 Å². The number of benzene rings is 1. The van der Waals surface area contributed by atoms with Gasteiger partial charge in [-0.1, -0.05) is 26.0 Å². The largest absolute Gasteiger partial charge is 0.481 e. The van der Waals surface area contributed by atoms with Crippen LogP contribution in [-0.2, 0) is 4.79 Å². The maximum atomic E-state index is 12.9. The Balaban J connectivity index is 1.83. The van der Waals surface area contributed by atoms with Gasteiger partial charge >= 0.3 is 5.97 Å². The van der Waals surface area contributed by atoms with Crippen molar-refractivity contribution < 1.29 is 14.3 Å². The van der Waals surface area contributed by atoms with Crippen LogP contribution in [0.15, 0.2) is 24.3 Å². The molecule has 0 bridgehead atoms. The van der Waals surface area contributed by atoms with Crippen LogP contribution in [-0.4, -0.2) is 23.7 Å². The third kappa shape index (κ3) is 3.43. The van der Waals surface area contributed by atoms with Gasteiger partial charge < -0.3 is 10.4 Å². The lowest BCUT2D eigenvalue weighted by Gasteiger charge is -2.39. The highest BCUT2D eigenvalue weighted by molar-refractivity contribution is 5.74. The molecule has 3 nitrogen and oxygen atoms in total. The van der Waals surface area contributed by atoms with E-state index in [1.54, 1.807) is 0 Å². The fourth-order valence-electron chi connectivity index (χ4n) is 3.01. The molecular formula is C17H24FNO2. The van der Waals surface area contributed by atoms with Gasteiger partial charge in [-0.15, -0.1) is 0 Å². The van der Waals surface area contributed by atoms with Crippen molar-refractivity contribution in [2.24, 2.45) is 5.41 Å². The number of carboxylic acid groups (broad SMARTS) is 1. The minimum atomic E-state index is -0.714. The first kappa shape index (κ1) is 16.0. The van der Waals surface area contributed by atoms with Crippen molar-refractivity contribution in [3.8, 4) is 0 Å². The number of hydrogen-bond donors (Lipinski definition) is 2. The predicted octanol–water partition coefficient (Wildman–Crippen LogP) is 3.55. The van der Waals surface area contributed by atoms with E-state index < -0.39 is 11.4 Å². The molecule has 0 atom stereocenters. The van der Waals surface area contributed by atoms with E-state index in [1.165, 1.54) is 17.7 Å². The van der Waals surface area contributed by atoms with E-state index in [0.717, 1.165) is 12.8 Å². The molecule has 1 saturated carbocycles. The number of hydrogen-bond acceptors (Lipinski definition) is 2. The van der Waals surface area contributed by atoms with E-state index >= 15 is 0 Å². The smallest absolute Gasteiger partial charge is 0.310 e. The Kier molecular flexibility index (Phi) is 4.99. The second-order valence-electron chi connectivity index (χ2n) is 6.09. The van der Waals surface area contributed by atoms with Gasteiger partial charge in [0.2, 0.25) is 0 Å². The lowest BCUT2D eigenvalue weighted by molar-refractivity contribution is -0.149. The summed E-state index contributed by atoms with van der Waals surface area (Å²) in [5.41, 5.74) is 0.519. The Labute approximate surface area is 125 Å². The van der Waals surface area contributed by atoms with E-state index in [0.29, 0.717) is 31.3 Å². The molecule has 1 fully saturated rings. The lowest BCUT2D eigenvalue weighted by atomic mass is 9.75. The van der Waals surface area contributed by atoms with Crippen LogP contribution in [0.5, 0.6) is 0 Å². The average molecular weight is 293 g/mol. The van der Waals surface area contributed by atoms with Crippen LogP contribution in [0.4, 0.5) is 4.39 Å². The van der Waals surface area contributed by atoms with Gasteiger partial charge in [-0.05, 0) is 49.3 Å². The molecule has 21 heavy (non-hydrogen) atoms. The minimum absolute atomic E-state index is 0.204. The summed E-state index contributed by atoms with van der Waals surface area (Å²) in [6.07, 6.45) is 3.27. The zero-order valence-corrected chi connectivity index (χ0v) is 12.7. The van der Waals surface area contributed by atoms with Gasteiger partial charge in [0, 0.05) is 12.6 Å². The van der Waals surface area contributed by atoms with E-state index in [2.05, 4.69) is 5.32 Å². The van der Waals surface area contributed by atoms with Gasteiger partial charge in [-0.25, -0.2) is 4.39 Å². The van der Waals surface area contributed by atoms with Crippen molar-refractivity contribution >= 4 is 5.97 Å². The van der Waals surface area contributed by atoms with Gasteiger partial charge in [0.15, 0.2) is 0 Å². The van der Waals surface area contributed by atoms with Crippen molar-refractivity contribution in [1.29, 1.82) is 0 Å². The first-order valence-electron chi connectivity index (χ1n) is 7.73. The Bertz CT molecular complexity index is 476. The molecule has 0 unspecified atom stereocenters. The van der Waals surface area contributed by atoms with E-state index in [1.807, 2.05) is 26.0 Å². The van der Waals surface area contributed by atoms with Crippen LogP contribution < -0.4 is 5.32 Å². The van der Waals surface area contributed by atoms with Crippen LogP contribution >= 0.6 is 0 Å². The second-order valence-corrected chi connectivity index (χ2v) is 6.09. The summed E-state index contributed by atoms with van der Waals surface area (Å²) in [6.45, 7) is 4.39. The van der Waals surface area contributed by atoms with Gasteiger partial charge in [-0.3, -0.25) is 4.79 Å². The Hall–Kier alpha value is -1.42.